The van der Waals surface area contributed by atoms with Crippen LogP contribution in [0.5, 0.6) is 11.8 Å². The van der Waals surface area contributed by atoms with E-state index in [9.17, 15) is 4.79 Å². The molecule has 3 aromatic rings. The zero-order valence-electron chi connectivity index (χ0n) is 10.1. The second kappa shape index (κ2) is 4.88. The summed E-state index contributed by atoms with van der Waals surface area (Å²) < 4.78 is 5.35. The Kier molecular flexibility index (Phi) is 2.92. The van der Waals surface area contributed by atoms with Crippen molar-refractivity contribution in [1.29, 1.82) is 0 Å². The van der Waals surface area contributed by atoms with Gasteiger partial charge in [-0.15, -0.1) is 5.10 Å². The van der Waals surface area contributed by atoms with Gasteiger partial charge in [0.2, 0.25) is 0 Å². The number of fused-ring (bicyclic) bond motifs is 1. The summed E-state index contributed by atoms with van der Waals surface area (Å²) in [4.78, 5) is 19.0. The molecule has 0 bridgehead atoms. The Hall–Kier alpha value is -3.09. The summed E-state index contributed by atoms with van der Waals surface area (Å²) in [5, 5.41) is 16.8. The van der Waals surface area contributed by atoms with Crippen LogP contribution in [0.2, 0.25) is 0 Å². The Morgan fingerprint density at radius 3 is 2.70 bits per heavy atom. The fourth-order valence-corrected chi connectivity index (χ4v) is 1.64. The van der Waals surface area contributed by atoms with Crippen molar-refractivity contribution in [2.24, 2.45) is 0 Å². The number of para-hydroxylation sites is 1. The quantitative estimate of drug-likeness (QED) is 0.774. The van der Waals surface area contributed by atoms with Gasteiger partial charge in [-0.2, -0.15) is 4.98 Å². The molecule has 0 amide bonds. The van der Waals surface area contributed by atoms with Crippen LogP contribution in [-0.4, -0.2) is 31.2 Å². The van der Waals surface area contributed by atoms with E-state index < -0.39 is 5.97 Å². The van der Waals surface area contributed by atoms with Gasteiger partial charge in [0.15, 0.2) is 5.75 Å². The minimum Gasteiger partial charge on any atom is -0.478 e. The molecule has 0 saturated carbocycles. The van der Waals surface area contributed by atoms with Crippen LogP contribution in [-0.2, 0) is 0 Å². The number of hydrogen-bond acceptors (Lipinski definition) is 6. The number of ether oxygens (including phenoxy) is 1. The maximum Gasteiger partial charge on any atom is 0.341 e. The summed E-state index contributed by atoms with van der Waals surface area (Å²) in [6, 6.07) is 8.48. The SMILES string of the molecule is O=C(O)c1ccncc1Oc1nnc2ccccc2n1. The summed E-state index contributed by atoms with van der Waals surface area (Å²) in [5.41, 5.74) is 1.22. The maximum absolute atomic E-state index is 11.1. The van der Waals surface area contributed by atoms with E-state index in [1.165, 1.54) is 18.5 Å². The molecule has 1 N–H and O–H groups in total. The molecule has 0 saturated heterocycles. The third-order valence-electron chi connectivity index (χ3n) is 2.56. The molecule has 0 atom stereocenters. The molecule has 7 heteroatoms. The molecule has 7 nitrogen and oxygen atoms in total. The molecular weight excluding hydrogens is 260 g/mol. The van der Waals surface area contributed by atoms with Crippen molar-refractivity contribution in [3.8, 4) is 11.8 Å². The van der Waals surface area contributed by atoms with Crippen LogP contribution < -0.4 is 4.74 Å². The van der Waals surface area contributed by atoms with E-state index in [0.29, 0.717) is 11.0 Å². The van der Waals surface area contributed by atoms with Crippen LogP contribution in [0.15, 0.2) is 42.7 Å². The Bertz CT molecular complexity index is 791. The van der Waals surface area contributed by atoms with E-state index in [0.717, 1.165) is 0 Å². The smallest absolute Gasteiger partial charge is 0.341 e. The molecular formula is C13H8N4O3. The van der Waals surface area contributed by atoms with Crippen molar-refractivity contribution >= 4 is 17.0 Å². The van der Waals surface area contributed by atoms with E-state index in [1.54, 1.807) is 12.1 Å². The second-order valence-corrected chi connectivity index (χ2v) is 3.86. The van der Waals surface area contributed by atoms with Crippen molar-refractivity contribution in [2.45, 2.75) is 0 Å². The number of nitrogens with zero attached hydrogens (tertiary/aromatic N) is 4. The van der Waals surface area contributed by atoms with Gasteiger partial charge in [-0.1, -0.05) is 17.2 Å². The number of aromatic nitrogens is 4. The van der Waals surface area contributed by atoms with Crippen molar-refractivity contribution in [3.63, 3.8) is 0 Å². The van der Waals surface area contributed by atoms with Gasteiger partial charge in [-0.05, 0) is 18.2 Å². The summed E-state index contributed by atoms with van der Waals surface area (Å²) >= 11 is 0. The Balaban J connectivity index is 1.99. The fourth-order valence-electron chi connectivity index (χ4n) is 1.64. The largest absolute Gasteiger partial charge is 0.478 e. The number of carboxylic acid groups (broad SMARTS) is 1. The van der Waals surface area contributed by atoms with Crippen LogP contribution in [0.25, 0.3) is 11.0 Å². The first-order valence-electron chi connectivity index (χ1n) is 5.68. The monoisotopic (exact) mass is 268 g/mol. The van der Waals surface area contributed by atoms with Crippen LogP contribution >= 0.6 is 0 Å². The Morgan fingerprint density at radius 1 is 1.10 bits per heavy atom. The van der Waals surface area contributed by atoms with Gasteiger partial charge >= 0.3 is 12.0 Å². The summed E-state index contributed by atoms with van der Waals surface area (Å²) in [6.07, 6.45) is 2.66. The normalized spacial score (nSPS) is 10.4. The lowest BCUT2D eigenvalue weighted by atomic mass is 10.2. The van der Waals surface area contributed by atoms with E-state index in [1.807, 2.05) is 12.1 Å². The predicted octanol–water partition coefficient (Wildman–Crippen LogP) is 1.91. The van der Waals surface area contributed by atoms with Gasteiger partial charge in [-0.3, -0.25) is 4.98 Å². The highest BCUT2D eigenvalue weighted by Crippen LogP contribution is 2.22. The van der Waals surface area contributed by atoms with Gasteiger partial charge in [0.05, 0.1) is 11.7 Å². The number of hydrogen-bond donors (Lipinski definition) is 1. The lowest BCUT2D eigenvalue weighted by molar-refractivity contribution is 0.0694. The number of carbonyl (C=O) groups is 1. The number of pyridine rings is 1. The molecule has 20 heavy (non-hydrogen) atoms. The minimum atomic E-state index is -1.11. The number of rotatable bonds is 3. The van der Waals surface area contributed by atoms with Crippen molar-refractivity contribution in [3.05, 3.63) is 48.3 Å². The summed E-state index contributed by atoms with van der Waals surface area (Å²) in [7, 11) is 0. The van der Waals surface area contributed by atoms with Crippen LogP contribution in [0.1, 0.15) is 10.4 Å². The van der Waals surface area contributed by atoms with E-state index in [4.69, 9.17) is 9.84 Å². The van der Waals surface area contributed by atoms with Crippen LogP contribution in [0, 0.1) is 0 Å². The van der Waals surface area contributed by atoms with Crippen molar-refractivity contribution in [1.82, 2.24) is 20.2 Å². The molecule has 0 aliphatic rings. The third kappa shape index (κ3) is 2.24. The molecule has 98 valence electrons. The highest BCUT2D eigenvalue weighted by Gasteiger charge is 2.13. The van der Waals surface area contributed by atoms with Gasteiger partial charge in [-0.25, -0.2) is 4.79 Å². The Morgan fingerprint density at radius 2 is 1.90 bits per heavy atom. The summed E-state index contributed by atoms with van der Waals surface area (Å²) in [6.45, 7) is 0. The average Bonchev–Trinajstić information content (AvgIpc) is 2.47. The van der Waals surface area contributed by atoms with E-state index in [-0.39, 0.29) is 17.3 Å². The first kappa shape index (κ1) is 12.0. The molecule has 0 spiro atoms. The zero-order valence-corrected chi connectivity index (χ0v) is 10.1. The molecule has 0 radical (unpaired) electrons. The first-order chi connectivity index (χ1) is 9.74. The lowest BCUT2D eigenvalue weighted by Gasteiger charge is -2.05. The fraction of sp³-hybridized carbons (Fsp3) is 0. The number of aromatic carboxylic acids is 1. The number of benzene rings is 1. The molecule has 0 aliphatic carbocycles. The lowest BCUT2D eigenvalue weighted by Crippen LogP contribution is -2.02. The molecule has 2 heterocycles. The molecule has 0 unspecified atom stereocenters. The first-order valence-corrected chi connectivity index (χ1v) is 5.68. The maximum atomic E-state index is 11.1. The molecule has 2 aromatic heterocycles. The highest BCUT2D eigenvalue weighted by molar-refractivity contribution is 5.90. The minimum absolute atomic E-state index is 0.0169. The van der Waals surface area contributed by atoms with Gasteiger partial charge in [0, 0.05) is 6.20 Å². The predicted molar refractivity (Wildman–Crippen MR) is 68.6 cm³/mol. The van der Waals surface area contributed by atoms with Gasteiger partial charge in [0.25, 0.3) is 0 Å². The third-order valence-corrected chi connectivity index (χ3v) is 2.56. The van der Waals surface area contributed by atoms with Crippen molar-refractivity contribution < 1.29 is 14.6 Å². The van der Waals surface area contributed by atoms with E-state index in [2.05, 4.69) is 20.2 Å². The van der Waals surface area contributed by atoms with Crippen molar-refractivity contribution in [2.75, 3.05) is 0 Å². The molecule has 3 rings (SSSR count). The van der Waals surface area contributed by atoms with Gasteiger partial charge in [0.1, 0.15) is 11.1 Å². The van der Waals surface area contributed by atoms with E-state index >= 15 is 0 Å². The van der Waals surface area contributed by atoms with Crippen LogP contribution in [0.4, 0.5) is 0 Å². The molecule has 1 aromatic carbocycles. The molecule has 0 aliphatic heterocycles. The topological polar surface area (TPSA) is 98.1 Å². The van der Waals surface area contributed by atoms with Crippen LogP contribution in [0.3, 0.4) is 0 Å². The van der Waals surface area contributed by atoms with Gasteiger partial charge < -0.3 is 9.84 Å². The zero-order chi connectivity index (χ0) is 13.9. The molecule has 0 fully saturated rings. The standard InChI is InChI=1S/C13H8N4O3/c18-12(19)8-5-6-14-7-11(8)20-13-15-9-3-1-2-4-10(9)16-17-13/h1-7H,(H,18,19). The highest BCUT2D eigenvalue weighted by atomic mass is 16.5. The Labute approximate surface area is 112 Å². The summed E-state index contributed by atoms with van der Waals surface area (Å²) in [5.74, 6) is -1.05. The second-order valence-electron chi connectivity index (χ2n) is 3.86. The number of carboxylic acids is 1. The average molecular weight is 268 g/mol.